The van der Waals surface area contributed by atoms with Crippen LogP contribution in [-0.2, 0) is 20.9 Å². The maximum atomic E-state index is 13.4. The topological polar surface area (TPSA) is 63.6 Å². The van der Waals surface area contributed by atoms with Crippen molar-refractivity contribution in [3.8, 4) is 0 Å². The number of rotatable bonds is 8. The van der Waals surface area contributed by atoms with E-state index in [0.29, 0.717) is 25.5 Å². The van der Waals surface area contributed by atoms with Crippen molar-refractivity contribution in [3.05, 3.63) is 29.8 Å². The number of hydrogen-bond acceptors (Lipinski definition) is 4. The van der Waals surface area contributed by atoms with Gasteiger partial charge in [0.15, 0.2) is 0 Å². The Balaban J connectivity index is 1.73. The molecule has 0 spiro atoms. The molecule has 0 bridgehead atoms. The molecule has 7 heteroatoms. The van der Waals surface area contributed by atoms with Gasteiger partial charge < -0.3 is 19.5 Å². The number of para-hydroxylation sites is 1. The molecular formula is C22H29N3O3S. The minimum absolute atomic E-state index is 0.0647. The molecule has 2 amide bonds. The van der Waals surface area contributed by atoms with Gasteiger partial charge in [0, 0.05) is 48.8 Å². The first-order chi connectivity index (χ1) is 14.2. The summed E-state index contributed by atoms with van der Waals surface area (Å²) in [6.45, 7) is 6.74. The Kier molecular flexibility index (Phi) is 6.15. The Hall–Kier alpha value is -1.99. The van der Waals surface area contributed by atoms with E-state index in [1.165, 1.54) is 0 Å². The van der Waals surface area contributed by atoms with Crippen molar-refractivity contribution in [1.82, 2.24) is 14.8 Å². The molecule has 29 heavy (non-hydrogen) atoms. The lowest BCUT2D eigenvalue weighted by molar-refractivity contribution is -0.139. The molecule has 2 heterocycles. The van der Waals surface area contributed by atoms with Crippen molar-refractivity contribution in [2.45, 2.75) is 56.8 Å². The predicted molar refractivity (Wildman–Crippen MR) is 115 cm³/mol. The highest BCUT2D eigenvalue weighted by atomic mass is 32.2. The lowest BCUT2D eigenvalue weighted by Gasteiger charge is -2.29. The van der Waals surface area contributed by atoms with Gasteiger partial charge in [-0.2, -0.15) is 0 Å². The highest BCUT2D eigenvalue weighted by Gasteiger charge is 2.45. The van der Waals surface area contributed by atoms with E-state index in [-0.39, 0.29) is 17.9 Å². The van der Waals surface area contributed by atoms with E-state index in [9.17, 15) is 9.59 Å². The summed E-state index contributed by atoms with van der Waals surface area (Å²) in [6, 6.07) is 7.84. The SMILES string of the molecule is CCOCCCNC(=O)C1c2c(n(CC)c3ccccc23)SCC(=O)N1C1CC1. The number of aryl methyl sites for hydroxylation is 1. The molecule has 156 valence electrons. The summed E-state index contributed by atoms with van der Waals surface area (Å²) in [5.41, 5.74) is 2.12. The standard InChI is InChI=1S/C22H29N3O3S/c1-3-24-17-9-6-5-8-16(17)19-20(21(27)23-12-7-13-28-4-2)25(15-10-11-15)18(26)14-29-22(19)24/h5-6,8-9,15,20H,3-4,7,10-14H2,1-2H3,(H,23,27). The maximum absolute atomic E-state index is 13.4. The lowest BCUT2D eigenvalue weighted by atomic mass is 10.0. The molecule has 1 aliphatic carbocycles. The van der Waals surface area contributed by atoms with Gasteiger partial charge in [-0.25, -0.2) is 0 Å². The molecular weight excluding hydrogens is 386 g/mol. The molecule has 2 aromatic rings. The summed E-state index contributed by atoms with van der Waals surface area (Å²) >= 11 is 1.57. The number of hydrogen-bond donors (Lipinski definition) is 1. The second-order valence-electron chi connectivity index (χ2n) is 7.55. The second kappa shape index (κ2) is 8.79. The molecule has 2 aliphatic rings. The maximum Gasteiger partial charge on any atom is 0.247 e. The minimum atomic E-state index is -0.565. The molecule has 1 aromatic carbocycles. The van der Waals surface area contributed by atoms with Crippen molar-refractivity contribution < 1.29 is 14.3 Å². The van der Waals surface area contributed by atoms with Crippen molar-refractivity contribution >= 4 is 34.5 Å². The third kappa shape index (κ3) is 3.90. The molecule has 1 saturated carbocycles. The van der Waals surface area contributed by atoms with Gasteiger partial charge >= 0.3 is 0 Å². The Morgan fingerprint density at radius 3 is 2.79 bits per heavy atom. The lowest BCUT2D eigenvalue weighted by Crippen LogP contribution is -2.45. The first-order valence-corrected chi connectivity index (χ1v) is 11.6. The van der Waals surface area contributed by atoms with Gasteiger partial charge in [0.25, 0.3) is 0 Å². The van der Waals surface area contributed by atoms with Crippen LogP contribution in [0, 0.1) is 0 Å². The van der Waals surface area contributed by atoms with Crippen LogP contribution in [0.15, 0.2) is 29.3 Å². The largest absolute Gasteiger partial charge is 0.382 e. The van der Waals surface area contributed by atoms with E-state index in [2.05, 4.69) is 28.9 Å². The van der Waals surface area contributed by atoms with Crippen LogP contribution in [0.2, 0.25) is 0 Å². The zero-order valence-electron chi connectivity index (χ0n) is 17.1. The summed E-state index contributed by atoms with van der Waals surface area (Å²) in [5.74, 6) is 0.368. The van der Waals surface area contributed by atoms with Gasteiger partial charge in [-0.1, -0.05) is 30.0 Å². The molecule has 1 N–H and O–H groups in total. The van der Waals surface area contributed by atoms with Crippen LogP contribution in [0.4, 0.5) is 0 Å². The fraction of sp³-hybridized carbons (Fsp3) is 0.545. The quantitative estimate of drug-likeness (QED) is 0.672. The zero-order chi connectivity index (χ0) is 20.4. The van der Waals surface area contributed by atoms with Gasteiger partial charge in [0.2, 0.25) is 11.8 Å². The second-order valence-corrected chi connectivity index (χ2v) is 8.51. The van der Waals surface area contributed by atoms with E-state index in [1.54, 1.807) is 11.8 Å². The van der Waals surface area contributed by atoms with Crippen LogP contribution < -0.4 is 5.32 Å². The predicted octanol–water partition coefficient (Wildman–Crippen LogP) is 3.34. The monoisotopic (exact) mass is 415 g/mol. The number of nitrogens with one attached hydrogen (secondary N) is 1. The molecule has 1 unspecified atom stereocenters. The summed E-state index contributed by atoms with van der Waals surface area (Å²) in [6.07, 6.45) is 2.72. The van der Waals surface area contributed by atoms with Crippen LogP contribution in [0.1, 0.15) is 44.7 Å². The molecule has 1 aromatic heterocycles. The van der Waals surface area contributed by atoms with E-state index < -0.39 is 6.04 Å². The Bertz CT molecular complexity index is 906. The number of nitrogens with zero attached hydrogens (tertiary/aromatic N) is 2. The van der Waals surface area contributed by atoms with E-state index >= 15 is 0 Å². The van der Waals surface area contributed by atoms with Crippen LogP contribution >= 0.6 is 11.8 Å². The minimum Gasteiger partial charge on any atom is -0.382 e. The number of amides is 2. The number of ether oxygens (including phenoxy) is 1. The number of benzene rings is 1. The molecule has 6 nitrogen and oxygen atoms in total. The van der Waals surface area contributed by atoms with Crippen LogP contribution in [-0.4, -0.2) is 52.8 Å². The van der Waals surface area contributed by atoms with Crippen LogP contribution in [0.5, 0.6) is 0 Å². The Morgan fingerprint density at radius 2 is 2.07 bits per heavy atom. The molecule has 4 rings (SSSR count). The summed E-state index contributed by atoms with van der Waals surface area (Å²) in [5, 5.41) is 5.20. The van der Waals surface area contributed by atoms with Crippen molar-refractivity contribution in [3.63, 3.8) is 0 Å². The third-order valence-corrected chi connectivity index (χ3v) is 6.71. The summed E-state index contributed by atoms with van der Waals surface area (Å²) < 4.78 is 7.62. The third-order valence-electron chi connectivity index (χ3n) is 5.61. The average Bonchev–Trinajstić information content (AvgIpc) is 3.53. The summed E-state index contributed by atoms with van der Waals surface area (Å²) in [7, 11) is 0. The average molecular weight is 416 g/mol. The molecule has 1 fully saturated rings. The van der Waals surface area contributed by atoms with Crippen molar-refractivity contribution in [2.24, 2.45) is 0 Å². The van der Waals surface area contributed by atoms with Crippen LogP contribution in [0.25, 0.3) is 10.9 Å². The molecule has 1 atom stereocenters. The number of fused-ring (bicyclic) bond motifs is 3. The van der Waals surface area contributed by atoms with Gasteiger partial charge in [0.1, 0.15) is 6.04 Å². The first-order valence-electron chi connectivity index (χ1n) is 10.6. The molecule has 1 aliphatic heterocycles. The highest BCUT2D eigenvalue weighted by molar-refractivity contribution is 8.00. The van der Waals surface area contributed by atoms with Crippen molar-refractivity contribution in [2.75, 3.05) is 25.5 Å². The van der Waals surface area contributed by atoms with Gasteiger partial charge in [-0.05, 0) is 39.2 Å². The smallest absolute Gasteiger partial charge is 0.247 e. The highest BCUT2D eigenvalue weighted by Crippen LogP contribution is 2.45. The Morgan fingerprint density at radius 1 is 1.28 bits per heavy atom. The number of carbonyl (C=O) groups is 2. The fourth-order valence-electron chi connectivity index (χ4n) is 4.18. The summed E-state index contributed by atoms with van der Waals surface area (Å²) in [4.78, 5) is 28.3. The number of aromatic nitrogens is 1. The number of carbonyl (C=O) groups excluding carboxylic acids is 2. The van der Waals surface area contributed by atoms with E-state index in [1.807, 2.05) is 24.0 Å². The van der Waals surface area contributed by atoms with Gasteiger partial charge in [-0.3, -0.25) is 9.59 Å². The fourth-order valence-corrected chi connectivity index (χ4v) is 5.35. The molecule has 0 saturated heterocycles. The zero-order valence-corrected chi connectivity index (χ0v) is 18.0. The van der Waals surface area contributed by atoms with E-state index in [4.69, 9.17) is 4.74 Å². The number of thioether (sulfide) groups is 1. The van der Waals surface area contributed by atoms with Crippen LogP contribution in [0.3, 0.4) is 0 Å². The van der Waals surface area contributed by atoms with Gasteiger partial charge in [-0.15, -0.1) is 0 Å². The normalized spacial score (nSPS) is 19.3. The van der Waals surface area contributed by atoms with Gasteiger partial charge in [0.05, 0.1) is 10.8 Å². The van der Waals surface area contributed by atoms with Crippen molar-refractivity contribution in [1.29, 1.82) is 0 Å². The Labute approximate surface area is 175 Å². The first kappa shape index (κ1) is 20.3. The van der Waals surface area contributed by atoms with E-state index in [0.717, 1.165) is 47.3 Å². The molecule has 0 radical (unpaired) electrons.